The average molecular weight is 433 g/mol. The van der Waals surface area contributed by atoms with Crippen LogP contribution in [-0.4, -0.2) is 30.6 Å². The molecule has 0 aromatic heterocycles. The maximum atomic E-state index is 12.7. The van der Waals surface area contributed by atoms with Crippen molar-refractivity contribution in [1.82, 2.24) is 5.32 Å². The van der Waals surface area contributed by atoms with Crippen molar-refractivity contribution in [2.24, 2.45) is 5.73 Å². The fourth-order valence-corrected chi connectivity index (χ4v) is 3.23. The van der Waals surface area contributed by atoms with Crippen molar-refractivity contribution >= 4 is 11.9 Å². The molecule has 0 unspecified atom stereocenters. The van der Waals surface area contributed by atoms with Gasteiger partial charge in [-0.25, -0.2) is 4.79 Å². The smallest absolute Gasteiger partial charge is 0.328 e. The van der Waals surface area contributed by atoms with Crippen LogP contribution >= 0.6 is 0 Å². The Labute approximate surface area is 188 Å². The molecule has 0 heterocycles. The van der Waals surface area contributed by atoms with Gasteiger partial charge in [0.2, 0.25) is 5.91 Å². The summed E-state index contributed by atoms with van der Waals surface area (Å²) in [5.74, 6) is 0.575. The van der Waals surface area contributed by atoms with Gasteiger partial charge in [0.15, 0.2) is 0 Å². The van der Waals surface area contributed by atoms with E-state index in [2.05, 4.69) is 5.32 Å². The summed E-state index contributed by atoms with van der Waals surface area (Å²) >= 11 is 0. The molecule has 6 nitrogen and oxygen atoms in total. The maximum absolute atomic E-state index is 12.7. The predicted molar refractivity (Wildman–Crippen MR) is 123 cm³/mol. The SMILES string of the molecule is CCOC(=O)[C@H](Cc1ccccc1)NC(=O)[C@@H](N)Cc1ccc(Oc2ccccc2)cc1. The number of esters is 1. The minimum Gasteiger partial charge on any atom is -0.464 e. The standard InChI is InChI=1S/C26H28N2O4/c1-2-31-26(30)24(18-19-9-5-3-6-10-19)28-25(29)23(27)17-20-13-15-22(16-14-20)32-21-11-7-4-8-12-21/h3-16,23-24H,2,17-18,27H2,1H3,(H,28,29)/t23-,24-/m0/s1. The molecule has 2 atom stereocenters. The van der Waals surface area contributed by atoms with Crippen molar-refractivity contribution in [1.29, 1.82) is 0 Å². The second-order valence-electron chi connectivity index (χ2n) is 7.37. The number of carbonyl (C=O) groups is 2. The molecule has 0 fully saturated rings. The van der Waals surface area contributed by atoms with Gasteiger partial charge in [0.05, 0.1) is 12.6 Å². The van der Waals surface area contributed by atoms with Crippen LogP contribution in [0.25, 0.3) is 0 Å². The second-order valence-corrected chi connectivity index (χ2v) is 7.37. The Kier molecular flexibility index (Phi) is 8.40. The number of carbonyl (C=O) groups excluding carboxylic acids is 2. The third kappa shape index (κ3) is 6.96. The van der Waals surface area contributed by atoms with E-state index in [4.69, 9.17) is 15.2 Å². The molecular formula is C26H28N2O4. The molecule has 0 saturated heterocycles. The zero-order valence-electron chi connectivity index (χ0n) is 18.1. The van der Waals surface area contributed by atoms with Crippen LogP contribution in [0.1, 0.15) is 18.1 Å². The fraction of sp³-hybridized carbons (Fsp3) is 0.231. The van der Waals surface area contributed by atoms with E-state index >= 15 is 0 Å². The number of nitrogens with one attached hydrogen (secondary N) is 1. The van der Waals surface area contributed by atoms with Gasteiger partial charge in [-0.2, -0.15) is 0 Å². The Morgan fingerprint density at radius 1 is 0.812 bits per heavy atom. The number of ether oxygens (including phenoxy) is 2. The first-order valence-electron chi connectivity index (χ1n) is 10.6. The van der Waals surface area contributed by atoms with Gasteiger partial charge in [-0.05, 0) is 48.7 Å². The summed E-state index contributed by atoms with van der Waals surface area (Å²) in [5, 5.41) is 2.75. The summed E-state index contributed by atoms with van der Waals surface area (Å²) < 4.78 is 10.9. The lowest BCUT2D eigenvalue weighted by atomic mass is 10.0. The number of amides is 1. The number of para-hydroxylation sites is 1. The van der Waals surface area contributed by atoms with E-state index in [1.54, 1.807) is 6.92 Å². The van der Waals surface area contributed by atoms with E-state index in [0.29, 0.717) is 18.6 Å². The maximum Gasteiger partial charge on any atom is 0.328 e. The van der Waals surface area contributed by atoms with Gasteiger partial charge in [-0.15, -0.1) is 0 Å². The second kappa shape index (κ2) is 11.7. The minimum absolute atomic E-state index is 0.240. The van der Waals surface area contributed by atoms with E-state index in [0.717, 1.165) is 16.9 Å². The predicted octanol–water partition coefficient (Wildman–Crippen LogP) is 3.64. The normalized spacial score (nSPS) is 12.4. The highest BCUT2D eigenvalue weighted by Gasteiger charge is 2.25. The Hall–Kier alpha value is -3.64. The first-order valence-corrected chi connectivity index (χ1v) is 10.6. The first kappa shape index (κ1) is 23.0. The quantitative estimate of drug-likeness (QED) is 0.478. The molecule has 32 heavy (non-hydrogen) atoms. The van der Waals surface area contributed by atoms with Crippen molar-refractivity contribution in [2.45, 2.75) is 31.8 Å². The Bertz CT molecular complexity index is 991. The molecule has 0 aliphatic carbocycles. The number of hydrogen-bond acceptors (Lipinski definition) is 5. The molecule has 3 N–H and O–H groups in total. The Morgan fingerprint density at radius 3 is 2.00 bits per heavy atom. The lowest BCUT2D eigenvalue weighted by molar-refractivity contribution is -0.147. The van der Waals surface area contributed by atoms with Crippen molar-refractivity contribution in [3.8, 4) is 11.5 Å². The van der Waals surface area contributed by atoms with Gasteiger partial charge in [-0.3, -0.25) is 4.79 Å². The molecule has 3 aromatic carbocycles. The monoisotopic (exact) mass is 432 g/mol. The van der Waals surface area contributed by atoms with Gasteiger partial charge < -0.3 is 20.5 Å². The molecular weight excluding hydrogens is 404 g/mol. The summed E-state index contributed by atoms with van der Waals surface area (Å²) in [6, 6.07) is 24.8. The van der Waals surface area contributed by atoms with Gasteiger partial charge in [0.1, 0.15) is 17.5 Å². The molecule has 0 bridgehead atoms. The zero-order chi connectivity index (χ0) is 22.8. The molecule has 166 valence electrons. The van der Waals surface area contributed by atoms with Crippen LogP contribution in [0.5, 0.6) is 11.5 Å². The molecule has 3 rings (SSSR count). The van der Waals surface area contributed by atoms with Crippen LogP contribution in [0.3, 0.4) is 0 Å². The largest absolute Gasteiger partial charge is 0.464 e. The van der Waals surface area contributed by atoms with Gasteiger partial charge in [-0.1, -0.05) is 60.7 Å². The Balaban J connectivity index is 1.58. The summed E-state index contributed by atoms with van der Waals surface area (Å²) in [4.78, 5) is 25.1. The summed E-state index contributed by atoms with van der Waals surface area (Å²) in [5.41, 5.74) is 7.95. The highest BCUT2D eigenvalue weighted by atomic mass is 16.5. The minimum atomic E-state index is -0.802. The lowest BCUT2D eigenvalue weighted by Crippen LogP contribution is -2.50. The molecule has 3 aromatic rings. The Morgan fingerprint density at radius 2 is 1.38 bits per heavy atom. The number of hydrogen-bond donors (Lipinski definition) is 2. The van der Waals surface area contributed by atoms with E-state index in [9.17, 15) is 9.59 Å². The van der Waals surface area contributed by atoms with Crippen LogP contribution < -0.4 is 15.8 Å². The van der Waals surface area contributed by atoms with E-state index < -0.39 is 24.0 Å². The van der Waals surface area contributed by atoms with E-state index in [-0.39, 0.29) is 6.61 Å². The molecule has 0 radical (unpaired) electrons. The number of benzene rings is 3. The first-order chi connectivity index (χ1) is 15.5. The summed E-state index contributed by atoms with van der Waals surface area (Å²) in [7, 11) is 0. The van der Waals surface area contributed by atoms with Crippen molar-refractivity contribution in [3.63, 3.8) is 0 Å². The summed E-state index contributed by atoms with van der Waals surface area (Å²) in [6.45, 7) is 1.97. The van der Waals surface area contributed by atoms with Crippen LogP contribution in [0.2, 0.25) is 0 Å². The third-order valence-electron chi connectivity index (χ3n) is 4.86. The zero-order valence-corrected chi connectivity index (χ0v) is 18.1. The van der Waals surface area contributed by atoms with Crippen molar-refractivity contribution in [3.05, 3.63) is 96.1 Å². The molecule has 0 aliphatic heterocycles. The topological polar surface area (TPSA) is 90.7 Å². The average Bonchev–Trinajstić information content (AvgIpc) is 2.81. The van der Waals surface area contributed by atoms with Crippen molar-refractivity contribution < 1.29 is 19.1 Å². The molecule has 0 saturated carbocycles. The highest BCUT2D eigenvalue weighted by molar-refractivity contribution is 5.87. The third-order valence-corrected chi connectivity index (χ3v) is 4.86. The fourth-order valence-electron chi connectivity index (χ4n) is 3.23. The summed E-state index contributed by atoms with van der Waals surface area (Å²) in [6.07, 6.45) is 0.669. The van der Waals surface area contributed by atoms with Crippen LogP contribution in [0, 0.1) is 0 Å². The van der Waals surface area contributed by atoms with Gasteiger partial charge >= 0.3 is 5.97 Å². The number of rotatable bonds is 10. The van der Waals surface area contributed by atoms with E-state index in [1.807, 2.05) is 84.9 Å². The highest BCUT2D eigenvalue weighted by Crippen LogP contribution is 2.21. The van der Waals surface area contributed by atoms with Crippen LogP contribution in [0.15, 0.2) is 84.9 Å². The van der Waals surface area contributed by atoms with E-state index in [1.165, 1.54) is 0 Å². The van der Waals surface area contributed by atoms with Crippen molar-refractivity contribution in [2.75, 3.05) is 6.61 Å². The lowest BCUT2D eigenvalue weighted by Gasteiger charge is -2.20. The molecule has 6 heteroatoms. The molecule has 0 spiro atoms. The van der Waals surface area contributed by atoms with Crippen LogP contribution in [0.4, 0.5) is 0 Å². The molecule has 0 aliphatic rings. The van der Waals surface area contributed by atoms with Gasteiger partial charge in [0, 0.05) is 6.42 Å². The van der Waals surface area contributed by atoms with Gasteiger partial charge in [0.25, 0.3) is 0 Å². The number of nitrogens with two attached hydrogens (primary N) is 1. The molecule has 1 amide bonds. The van der Waals surface area contributed by atoms with Crippen LogP contribution in [-0.2, 0) is 27.2 Å².